The zero-order valence-corrected chi connectivity index (χ0v) is 31.3. The number of carbonyl (C=O) groups excluding carboxylic acids is 3. The van der Waals surface area contributed by atoms with Crippen LogP contribution in [0, 0.1) is 18.2 Å². The van der Waals surface area contributed by atoms with Crippen LogP contribution in [-0.4, -0.2) is 55.4 Å². The number of nitrogens with zero attached hydrogens (tertiary/aromatic N) is 3. The highest BCUT2D eigenvalue weighted by Gasteiger charge is 2.45. The third-order valence-electron chi connectivity index (χ3n) is 11.0. The van der Waals surface area contributed by atoms with Gasteiger partial charge in [0.25, 0.3) is 11.8 Å². The summed E-state index contributed by atoms with van der Waals surface area (Å²) in [4.78, 5) is 51.7. The maximum Gasteiger partial charge on any atom is 0.259 e. The molecule has 0 saturated carbocycles. The van der Waals surface area contributed by atoms with Gasteiger partial charge in [0.15, 0.2) is 5.78 Å². The number of thiophene rings is 2. The number of ether oxygens (including phenoxy) is 1. The summed E-state index contributed by atoms with van der Waals surface area (Å²) in [6, 6.07) is 25.4. The van der Waals surface area contributed by atoms with Gasteiger partial charge in [0.2, 0.25) is 0 Å². The molecule has 6 heterocycles. The lowest BCUT2D eigenvalue weighted by Crippen LogP contribution is -2.59. The number of aryl methyl sites for hydroxylation is 1. The number of hydrogen-bond acceptors (Lipinski definition) is 8. The first-order valence-corrected chi connectivity index (χ1v) is 19.9. The number of fused-ring (bicyclic) bond motifs is 4. The summed E-state index contributed by atoms with van der Waals surface area (Å²) >= 11 is 2.96. The van der Waals surface area contributed by atoms with Gasteiger partial charge >= 0.3 is 0 Å². The number of carbonyl (C=O) groups is 3. The smallest absolute Gasteiger partial charge is 0.259 e. The predicted octanol–water partition coefficient (Wildman–Crippen LogP) is 8.97. The Balaban J connectivity index is 0.921. The molecule has 9 rings (SSSR count). The number of Topliss-reactive ketones (excluding diaryl/α,β-unsaturated/α-hetero) is 1. The third kappa shape index (κ3) is 6.29. The van der Waals surface area contributed by atoms with Crippen molar-refractivity contribution >= 4 is 67.7 Å². The number of halogens is 1. The van der Waals surface area contributed by atoms with Crippen LogP contribution >= 0.6 is 22.7 Å². The Kier molecular flexibility index (Phi) is 8.88. The molecule has 2 fully saturated rings. The van der Waals surface area contributed by atoms with E-state index in [-0.39, 0.29) is 35.3 Å². The zero-order valence-electron chi connectivity index (χ0n) is 29.7. The summed E-state index contributed by atoms with van der Waals surface area (Å²) in [7, 11) is 0. The number of ketones is 1. The average Bonchev–Trinajstić information content (AvgIpc) is 3.79. The Morgan fingerprint density at radius 3 is 2.56 bits per heavy atom. The van der Waals surface area contributed by atoms with Gasteiger partial charge in [0.05, 0.1) is 26.3 Å². The molecule has 6 aromatic rings. The summed E-state index contributed by atoms with van der Waals surface area (Å²) in [5.74, 6) is -0.190. The van der Waals surface area contributed by atoms with Crippen LogP contribution in [0.1, 0.15) is 59.9 Å². The molecular weight excluding hydrogens is 720 g/mol. The monoisotopic (exact) mass is 756 g/mol. The molecule has 11 heteroatoms. The van der Waals surface area contributed by atoms with Gasteiger partial charge in [-0.1, -0.05) is 30.3 Å². The third-order valence-corrected chi connectivity index (χ3v) is 13.1. The van der Waals surface area contributed by atoms with Gasteiger partial charge in [-0.2, -0.15) is 0 Å². The van der Waals surface area contributed by atoms with E-state index in [9.17, 15) is 18.8 Å². The normalized spacial score (nSPS) is 16.0. The van der Waals surface area contributed by atoms with Gasteiger partial charge < -0.3 is 19.9 Å². The first kappa shape index (κ1) is 34.5. The molecule has 54 heavy (non-hydrogen) atoms. The van der Waals surface area contributed by atoms with E-state index in [1.165, 1.54) is 17.4 Å². The number of para-hydroxylation sites is 1. The van der Waals surface area contributed by atoms with Crippen molar-refractivity contribution in [1.82, 2.24) is 4.98 Å². The maximum absolute atomic E-state index is 14.5. The van der Waals surface area contributed by atoms with Crippen molar-refractivity contribution in [2.45, 2.75) is 32.6 Å². The minimum Gasteiger partial charge on any atom is -0.381 e. The highest BCUT2D eigenvalue weighted by atomic mass is 32.1. The SMILES string of the molecule is Cc1cccc(F)c1CC(=O)c1cc2c(s1)-c1ccccc1N(C(=O)c1ccc(NC(=O)c3cc4sccc4nc3N3CC4(CCOCC4)C3)cc1)CC2. The van der Waals surface area contributed by atoms with Gasteiger partial charge in [0.1, 0.15) is 11.6 Å². The molecule has 0 aliphatic carbocycles. The Morgan fingerprint density at radius 2 is 1.76 bits per heavy atom. The number of pyridine rings is 1. The topological polar surface area (TPSA) is 91.8 Å². The maximum atomic E-state index is 14.5. The molecule has 0 unspecified atom stereocenters. The number of hydrogen-bond donors (Lipinski definition) is 1. The average molecular weight is 757 g/mol. The Morgan fingerprint density at radius 1 is 0.963 bits per heavy atom. The fourth-order valence-corrected chi connectivity index (χ4v) is 9.91. The van der Waals surface area contributed by atoms with Crippen LogP contribution < -0.4 is 15.1 Å². The largest absolute Gasteiger partial charge is 0.381 e. The van der Waals surface area contributed by atoms with E-state index in [1.807, 2.05) is 60.8 Å². The van der Waals surface area contributed by atoms with E-state index in [4.69, 9.17) is 9.72 Å². The number of anilines is 3. The molecule has 3 aliphatic rings. The second-order valence-electron chi connectivity index (χ2n) is 14.5. The molecule has 2 saturated heterocycles. The first-order chi connectivity index (χ1) is 26.2. The lowest BCUT2D eigenvalue weighted by Gasteiger charge is -2.53. The number of nitrogens with one attached hydrogen (secondary N) is 1. The summed E-state index contributed by atoms with van der Waals surface area (Å²) in [5, 5.41) is 5.04. The van der Waals surface area contributed by atoms with E-state index < -0.39 is 0 Å². The molecule has 1 spiro atoms. The summed E-state index contributed by atoms with van der Waals surface area (Å²) in [5.41, 5.74) is 6.54. The molecule has 0 bridgehead atoms. The predicted molar refractivity (Wildman–Crippen MR) is 213 cm³/mol. The molecule has 1 N–H and O–H groups in total. The molecule has 8 nitrogen and oxygen atoms in total. The summed E-state index contributed by atoms with van der Waals surface area (Å²) in [6.45, 7) is 5.51. The summed E-state index contributed by atoms with van der Waals surface area (Å²) in [6.07, 6.45) is 2.60. The summed E-state index contributed by atoms with van der Waals surface area (Å²) < 4.78 is 21.1. The fraction of sp³-hybridized carbons (Fsp3) is 0.256. The molecule has 3 aromatic heterocycles. The van der Waals surface area contributed by atoms with Crippen LogP contribution in [0.25, 0.3) is 20.7 Å². The minimum absolute atomic E-state index is 0.00219. The second kappa shape index (κ2) is 13.9. The fourth-order valence-electron chi connectivity index (χ4n) is 7.96. The molecule has 0 radical (unpaired) electrons. The van der Waals surface area contributed by atoms with E-state index in [0.29, 0.717) is 46.0 Å². The van der Waals surface area contributed by atoms with Crippen LogP contribution in [0.5, 0.6) is 0 Å². The van der Waals surface area contributed by atoms with E-state index in [1.54, 1.807) is 46.6 Å². The number of benzene rings is 3. The van der Waals surface area contributed by atoms with Crippen molar-refractivity contribution in [2.75, 3.05) is 48.0 Å². The van der Waals surface area contributed by atoms with Crippen LogP contribution in [0.2, 0.25) is 0 Å². The van der Waals surface area contributed by atoms with Crippen LogP contribution in [0.15, 0.2) is 90.3 Å². The van der Waals surface area contributed by atoms with Crippen LogP contribution in [0.3, 0.4) is 0 Å². The van der Waals surface area contributed by atoms with E-state index in [0.717, 1.165) is 76.6 Å². The quantitative estimate of drug-likeness (QED) is 0.164. The Hall–Kier alpha value is -5.23. The molecule has 2 amide bonds. The molecule has 272 valence electrons. The molecule has 3 aromatic carbocycles. The molecular formula is C43H37FN4O4S2. The van der Waals surface area contributed by atoms with Crippen molar-refractivity contribution in [2.24, 2.45) is 5.41 Å². The highest BCUT2D eigenvalue weighted by molar-refractivity contribution is 7.17. The number of aromatic nitrogens is 1. The Labute approximate surface area is 320 Å². The van der Waals surface area contributed by atoms with Gasteiger partial charge in [0, 0.05) is 66.4 Å². The Bertz CT molecular complexity index is 2420. The van der Waals surface area contributed by atoms with E-state index >= 15 is 0 Å². The van der Waals surface area contributed by atoms with Crippen LogP contribution in [0.4, 0.5) is 21.6 Å². The lowest BCUT2D eigenvalue weighted by molar-refractivity contribution is -0.000491. The van der Waals surface area contributed by atoms with Gasteiger partial charge in [-0.15, -0.1) is 22.7 Å². The first-order valence-electron chi connectivity index (χ1n) is 18.2. The van der Waals surface area contributed by atoms with Crippen LogP contribution in [-0.2, 0) is 17.6 Å². The lowest BCUT2D eigenvalue weighted by atomic mass is 9.73. The molecule has 3 aliphatic heterocycles. The van der Waals surface area contributed by atoms with Crippen molar-refractivity contribution in [3.05, 3.63) is 129 Å². The number of rotatable bonds is 7. The second-order valence-corrected chi connectivity index (χ2v) is 16.5. The van der Waals surface area contributed by atoms with E-state index in [2.05, 4.69) is 10.2 Å². The van der Waals surface area contributed by atoms with Crippen molar-refractivity contribution in [1.29, 1.82) is 0 Å². The van der Waals surface area contributed by atoms with Gasteiger partial charge in [-0.05, 0) is 103 Å². The van der Waals surface area contributed by atoms with Crippen molar-refractivity contribution < 1.29 is 23.5 Å². The standard InChI is InChI=1S/C43H37FN4O4S2/c1-26-5-4-7-33(44)31(26)22-36(49)38-21-28-13-17-48(35-8-3-2-6-30(35)39(28)54-38)42(51)27-9-11-29(12-10-27)45-41(50)32-23-37-34(14-20-53-37)46-40(32)47-24-43(25-47)15-18-52-19-16-43/h2-12,14,20-21,23H,13,15-19,22,24-25H2,1H3,(H,45,50). The molecule has 0 atom stereocenters. The van der Waals surface area contributed by atoms with Gasteiger partial charge in [-0.3, -0.25) is 14.4 Å². The highest BCUT2D eigenvalue weighted by Crippen LogP contribution is 2.44. The van der Waals surface area contributed by atoms with Crippen molar-refractivity contribution in [3.63, 3.8) is 0 Å². The minimum atomic E-state index is -0.371. The van der Waals surface area contributed by atoms with Crippen molar-refractivity contribution in [3.8, 4) is 10.4 Å². The number of amides is 2. The van der Waals surface area contributed by atoms with Gasteiger partial charge in [-0.25, -0.2) is 9.37 Å². The zero-order chi connectivity index (χ0) is 37.0.